The maximum Gasteiger partial charge on any atom is 0.322 e. The summed E-state index contributed by atoms with van der Waals surface area (Å²) in [5.41, 5.74) is 4.75. The van der Waals surface area contributed by atoms with Gasteiger partial charge in [-0.25, -0.2) is 0 Å². The molecule has 1 N–H and O–H groups in total. The Labute approximate surface area is 164 Å². The van der Waals surface area contributed by atoms with Gasteiger partial charge in [0.1, 0.15) is 5.75 Å². The maximum absolute atomic E-state index is 12.0. The average Bonchev–Trinajstić information content (AvgIpc) is 3.10. The van der Waals surface area contributed by atoms with E-state index in [0.29, 0.717) is 24.0 Å². The normalized spacial score (nSPS) is 10.9. The molecule has 1 aromatic heterocycles. The summed E-state index contributed by atoms with van der Waals surface area (Å²) >= 11 is 0. The number of amides is 1. The van der Waals surface area contributed by atoms with Crippen molar-refractivity contribution in [2.75, 3.05) is 11.9 Å². The molecule has 0 atom stereocenters. The number of hydrogen-bond donors (Lipinski definition) is 1. The lowest BCUT2D eigenvalue weighted by Gasteiger charge is -2.08. The van der Waals surface area contributed by atoms with Crippen molar-refractivity contribution in [3.8, 4) is 5.75 Å². The fourth-order valence-corrected chi connectivity index (χ4v) is 2.72. The van der Waals surface area contributed by atoms with E-state index in [9.17, 15) is 4.79 Å². The van der Waals surface area contributed by atoms with Crippen LogP contribution in [0.4, 0.5) is 6.01 Å². The van der Waals surface area contributed by atoms with Gasteiger partial charge in [0.2, 0.25) is 5.89 Å². The third kappa shape index (κ3) is 5.19. The van der Waals surface area contributed by atoms with Crippen LogP contribution < -0.4 is 10.1 Å². The first-order chi connectivity index (χ1) is 13.4. The summed E-state index contributed by atoms with van der Waals surface area (Å²) < 4.78 is 11.0. The molecule has 0 aliphatic rings. The smallest absolute Gasteiger partial charge is 0.322 e. The number of hydrogen-bond acceptors (Lipinski definition) is 5. The van der Waals surface area contributed by atoms with Crippen LogP contribution in [-0.4, -0.2) is 22.7 Å². The van der Waals surface area contributed by atoms with Crippen molar-refractivity contribution in [1.82, 2.24) is 10.2 Å². The van der Waals surface area contributed by atoms with Gasteiger partial charge in [-0.1, -0.05) is 49.3 Å². The topological polar surface area (TPSA) is 77.2 Å². The quantitative estimate of drug-likeness (QED) is 0.658. The van der Waals surface area contributed by atoms with Crippen LogP contribution in [0.25, 0.3) is 0 Å². The Kier molecular flexibility index (Phi) is 6.09. The summed E-state index contributed by atoms with van der Waals surface area (Å²) in [5.74, 6) is 1.19. The van der Waals surface area contributed by atoms with Gasteiger partial charge in [0.05, 0.1) is 6.42 Å². The molecule has 0 spiro atoms. The summed E-state index contributed by atoms with van der Waals surface area (Å²) in [6.07, 6.45) is 0.517. The van der Waals surface area contributed by atoms with Gasteiger partial charge in [-0.15, -0.1) is 5.10 Å². The molecule has 2 aromatic carbocycles. The molecule has 0 bridgehead atoms. The zero-order valence-corrected chi connectivity index (χ0v) is 16.7. The molecule has 6 nitrogen and oxygen atoms in total. The molecule has 0 aliphatic heterocycles. The zero-order valence-electron chi connectivity index (χ0n) is 16.7. The van der Waals surface area contributed by atoms with Crippen molar-refractivity contribution in [3.05, 3.63) is 70.6 Å². The number of nitrogens with one attached hydrogen (secondary N) is 1. The molecule has 0 saturated heterocycles. The molecule has 3 rings (SSSR count). The van der Waals surface area contributed by atoms with Crippen molar-refractivity contribution in [1.29, 1.82) is 0 Å². The van der Waals surface area contributed by atoms with Crippen LogP contribution in [0, 0.1) is 13.8 Å². The summed E-state index contributed by atoms with van der Waals surface area (Å²) in [6, 6.07) is 14.0. The van der Waals surface area contributed by atoms with Gasteiger partial charge in [-0.2, -0.15) is 0 Å². The summed E-state index contributed by atoms with van der Waals surface area (Å²) in [5, 5.41) is 10.4. The number of nitrogens with zero attached hydrogens (tertiary/aromatic N) is 2. The van der Waals surface area contributed by atoms with Crippen LogP contribution in [0.2, 0.25) is 0 Å². The molecular weight excluding hydrogens is 354 g/mol. The molecule has 6 heteroatoms. The van der Waals surface area contributed by atoms with Crippen LogP contribution >= 0.6 is 0 Å². The van der Waals surface area contributed by atoms with Crippen molar-refractivity contribution in [2.24, 2.45) is 0 Å². The van der Waals surface area contributed by atoms with Crippen LogP contribution in [0.5, 0.6) is 5.75 Å². The van der Waals surface area contributed by atoms with Crippen molar-refractivity contribution in [2.45, 2.75) is 40.0 Å². The predicted octanol–water partition coefficient (Wildman–Crippen LogP) is 4.42. The molecule has 3 aromatic rings. The van der Waals surface area contributed by atoms with Gasteiger partial charge < -0.3 is 9.15 Å². The van der Waals surface area contributed by atoms with Gasteiger partial charge in [0.25, 0.3) is 5.91 Å². The minimum absolute atomic E-state index is 0.0718. The van der Waals surface area contributed by atoms with Gasteiger partial charge in [0.15, 0.2) is 6.61 Å². The number of rotatable bonds is 7. The van der Waals surface area contributed by atoms with Crippen molar-refractivity contribution in [3.63, 3.8) is 0 Å². The Morgan fingerprint density at radius 1 is 1.07 bits per heavy atom. The van der Waals surface area contributed by atoms with Gasteiger partial charge >= 0.3 is 6.01 Å². The molecule has 1 heterocycles. The molecule has 0 aliphatic carbocycles. The van der Waals surface area contributed by atoms with E-state index in [0.717, 1.165) is 5.56 Å². The second kappa shape index (κ2) is 8.69. The predicted molar refractivity (Wildman–Crippen MR) is 108 cm³/mol. The minimum atomic E-state index is -0.352. The Balaban J connectivity index is 1.51. The van der Waals surface area contributed by atoms with E-state index in [4.69, 9.17) is 9.15 Å². The van der Waals surface area contributed by atoms with Gasteiger partial charge in [-0.3, -0.25) is 10.1 Å². The van der Waals surface area contributed by atoms with Gasteiger partial charge in [0, 0.05) is 0 Å². The molecule has 146 valence electrons. The van der Waals surface area contributed by atoms with E-state index >= 15 is 0 Å². The number of benzene rings is 2. The summed E-state index contributed by atoms with van der Waals surface area (Å²) in [7, 11) is 0. The van der Waals surface area contributed by atoms with Crippen LogP contribution in [0.1, 0.15) is 47.9 Å². The fraction of sp³-hybridized carbons (Fsp3) is 0.318. The zero-order chi connectivity index (χ0) is 20.1. The standard InChI is InChI=1S/C22H25N3O3/c1-14(2)18-7-9-19(10-8-18)27-13-20(26)23-22-25-24-21(28-22)12-17-6-5-15(3)16(4)11-17/h5-11,14H,12-13H2,1-4H3,(H,23,25,26). The lowest BCUT2D eigenvalue weighted by molar-refractivity contribution is -0.118. The molecular formula is C22H25N3O3. The Bertz CT molecular complexity index is 946. The molecule has 1 amide bonds. The monoisotopic (exact) mass is 379 g/mol. The molecule has 0 saturated carbocycles. The lowest BCUT2D eigenvalue weighted by Crippen LogP contribution is -2.20. The van der Waals surface area contributed by atoms with E-state index in [2.05, 4.69) is 55.3 Å². The average molecular weight is 379 g/mol. The first-order valence-electron chi connectivity index (χ1n) is 9.32. The fourth-order valence-electron chi connectivity index (χ4n) is 2.72. The first kappa shape index (κ1) is 19.6. The number of anilines is 1. The Morgan fingerprint density at radius 3 is 2.50 bits per heavy atom. The van der Waals surface area contributed by atoms with Crippen LogP contribution in [0.15, 0.2) is 46.9 Å². The van der Waals surface area contributed by atoms with E-state index in [1.54, 1.807) is 0 Å². The second-order valence-corrected chi connectivity index (χ2v) is 7.16. The number of aryl methyl sites for hydroxylation is 2. The summed E-state index contributed by atoms with van der Waals surface area (Å²) in [6.45, 7) is 8.26. The van der Waals surface area contributed by atoms with Gasteiger partial charge in [-0.05, 0) is 54.2 Å². The van der Waals surface area contributed by atoms with E-state index in [1.165, 1.54) is 16.7 Å². The summed E-state index contributed by atoms with van der Waals surface area (Å²) in [4.78, 5) is 12.0. The third-order valence-corrected chi connectivity index (χ3v) is 4.56. The largest absolute Gasteiger partial charge is 0.484 e. The Morgan fingerprint density at radius 2 is 1.82 bits per heavy atom. The molecule has 0 unspecified atom stereocenters. The van der Waals surface area contributed by atoms with Crippen molar-refractivity contribution < 1.29 is 13.9 Å². The first-order valence-corrected chi connectivity index (χ1v) is 9.32. The highest BCUT2D eigenvalue weighted by atomic mass is 16.5. The lowest BCUT2D eigenvalue weighted by atomic mass is 10.0. The van der Waals surface area contributed by atoms with Crippen LogP contribution in [0.3, 0.4) is 0 Å². The van der Waals surface area contributed by atoms with Crippen molar-refractivity contribution >= 4 is 11.9 Å². The number of carbonyl (C=O) groups excluding carboxylic acids is 1. The van der Waals surface area contributed by atoms with Crippen LogP contribution in [-0.2, 0) is 11.2 Å². The number of carbonyl (C=O) groups is 1. The highest BCUT2D eigenvalue weighted by molar-refractivity contribution is 5.89. The van der Waals surface area contributed by atoms with E-state index in [-0.39, 0.29) is 18.5 Å². The molecule has 0 fully saturated rings. The number of ether oxygens (including phenoxy) is 1. The Hall–Kier alpha value is -3.15. The maximum atomic E-state index is 12.0. The third-order valence-electron chi connectivity index (χ3n) is 4.56. The second-order valence-electron chi connectivity index (χ2n) is 7.16. The molecule has 0 radical (unpaired) electrons. The highest BCUT2D eigenvalue weighted by Gasteiger charge is 2.11. The number of aromatic nitrogens is 2. The van der Waals surface area contributed by atoms with E-state index in [1.807, 2.05) is 30.3 Å². The minimum Gasteiger partial charge on any atom is -0.484 e. The SMILES string of the molecule is Cc1ccc(Cc2nnc(NC(=O)COc3ccc(C(C)C)cc3)o2)cc1C. The molecule has 28 heavy (non-hydrogen) atoms. The highest BCUT2D eigenvalue weighted by Crippen LogP contribution is 2.19. The van der Waals surface area contributed by atoms with E-state index < -0.39 is 0 Å².